The molecule has 2 aromatic heterocycles. The molecule has 0 bridgehead atoms. The van der Waals surface area contributed by atoms with E-state index in [1.54, 1.807) is 31.9 Å². The lowest BCUT2D eigenvalue weighted by Gasteiger charge is -2.13. The van der Waals surface area contributed by atoms with Crippen LogP contribution < -0.4 is 14.8 Å². The van der Waals surface area contributed by atoms with E-state index in [-0.39, 0.29) is 11.2 Å². The second-order valence-electron chi connectivity index (χ2n) is 7.36. The Morgan fingerprint density at radius 1 is 1.06 bits per heavy atom. The molecule has 33 heavy (non-hydrogen) atoms. The summed E-state index contributed by atoms with van der Waals surface area (Å²) in [6.07, 6.45) is 2.27. The lowest BCUT2D eigenvalue weighted by atomic mass is 10.1. The number of nitrogens with zero attached hydrogens (tertiary/aromatic N) is 2. The Kier molecular flexibility index (Phi) is 7.47. The highest BCUT2D eigenvalue weighted by Crippen LogP contribution is 2.37. The number of carbonyl (C=O) groups is 1. The number of carbonyl (C=O) groups excluding carboxylic acids is 1. The average Bonchev–Trinajstić information content (AvgIpc) is 3.30. The van der Waals surface area contributed by atoms with Gasteiger partial charge in [0.15, 0.2) is 11.5 Å². The second-order valence-corrected chi connectivity index (χ2v) is 9.72. The lowest BCUT2D eigenvalue weighted by Crippen LogP contribution is -2.32. The van der Waals surface area contributed by atoms with Crippen molar-refractivity contribution in [1.82, 2.24) is 15.3 Å². The second kappa shape index (κ2) is 10.7. The number of aromatic nitrogens is 2. The predicted octanol–water partition coefficient (Wildman–Crippen LogP) is 5.22. The third-order valence-electron chi connectivity index (χ3n) is 5.17. The topological polar surface area (TPSA) is 73.3 Å². The van der Waals surface area contributed by atoms with Gasteiger partial charge in [-0.1, -0.05) is 48.2 Å². The minimum atomic E-state index is -0.284. The SMILES string of the molecule is COc1ccc(CCNC(=O)C(C)Sc2ncnc3sc(-c4ccccc4)cc23)cc1OC. The first-order chi connectivity index (χ1) is 16.1. The van der Waals surface area contributed by atoms with E-state index in [0.29, 0.717) is 24.5 Å². The zero-order valence-electron chi connectivity index (χ0n) is 18.7. The van der Waals surface area contributed by atoms with E-state index >= 15 is 0 Å². The van der Waals surface area contributed by atoms with Crippen molar-refractivity contribution in [2.45, 2.75) is 23.6 Å². The van der Waals surface area contributed by atoms with E-state index in [0.717, 1.165) is 31.2 Å². The Morgan fingerprint density at radius 2 is 1.85 bits per heavy atom. The third-order valence-corrected chi connectivity index (χ3v) is 7.38. The number of amides is 1. The zero-order chi connectivity index (χ0) is 23.2. The Balaban J connectivity index is 1.38. The van der Waals surface area contributed by atoms with Gasteiger partial charge in [0.25, 0.3) is 0 Å². The largest absolute Gasteiger partial charge is 0.493 e. The summed E-state index contributed by atoms with van der Waals surface area (Å²) in [4.78, 5) is 23.6. The van der Waals surface area contributed by atoms with E-state index in [1.165, 1.54) is 11.8 Å². The quantitative estimate of drug-likeness (QED) is 0.262. The summed E-state index contributed by atoms with van der Waals surface area (Å²) >= 11 is 3.09. The summed E-state index contributed by atoms with van der Waals surface area (Å²) in [6, 6.07) is 18.1. The summed E-state index contributed by atoms with van der Waals surface area (Å²) in [5, 5.41) is 4.54. The maximum absolute atomic E-state index is 12.7. The highest BCUT2D eigenvalue weighted by molar-refractivity contribution is 8.00. The van der Waals surface area contributed by atoms with Crippen LogP contribution in [0.4, 0.5) is 0 Å². The smallest absolute Gasteiger partial charge is 0.233 e. The molecule has 8 heteroatoms. The Labute approximate surface area is 201 Å². The summed E-state index contributed by atoms with van der Waals surface area (Å²) in [7, 11) is 3.23. The molecule has 0 saturated carbocycles. The van der Waals surface area contributed by atoms with Crippen LogP contribution in [-0.4, -0.2) is 41.9 Å². The van der Waals surface area contributed by atoms with Crippen molar-refractivity contribution in [2.24, 2.45) is 0 Å². The normalized spacial score (nSPS) is 11.8. The monoisotopic (exact) mass is 479 g/mol. The van der Waals surface area contributed by atoms with Crippen molar-refractivity contribution in [2.75, 3.05) is 20.8 Å². The molecule has 4 rings (SSSR count). The van der Waals surface area contributed by atoms with Gasteiger partial charge in [-0.2, -0.15) is 0 Å². The van der Waals surface area contributed by atoms with Crippen LogP contribution in [0.3, 0.4) is 0 Å². The molecule has 2 aromatic carbocycles. The van der Waals surface area contributed by atoms with E-state index in [1.807, 2.05) is 43.3 Å². The molecule has 1 N–H and O–H groups in total. The van der Waals surface area contributed by atoms with Crippen molar-refractivity contribution in [3.63, 3.8) is 0 Å². The molecule has 2 heterocycles. The van der Waals surface area contributed by atoms with E-state index in [2.05, 4.69) is 33.5 Å². The van der Waals surface area contributed by atoms with Gasteiger partial charge in [-0.15, -0.1) is 11.3 Å². The fraction of sp³-hybridized carbons (Fsp3) is 0.240. The fourth-order valence-corrected chi connectivity index (χ4v) is 5.39. The van der Waals surface area contributed by atoms with Gasteiger partial charge in [-0.05, 0) is 42.7 Å². The van der Waals surface area contributed by atoms with Gasteiger partial charge < -0.3 is 14.8 Å². The number of hydrogen-bond donors (Lipinski definition) is 1. The van der Waals surface area contributed by atoms with Crippen molar-refractivity contribution in [3.05, 3.63) is 66.5 Å². The summed E-state index contributed by atoms with van der Waals surface area (Å²) in [5.41, 5.74) is 2.22. The molecule has 0 spiro atoms. The number of benzene rings is 2. The zero-order valence-corrected chi connectivity index (χ0v) is 20.3. The molecule has 6 nitrogen and oxygen atoms in total. The van der Waals surface area contributed by atoms with Crippen LogP contribution >= 0.6 is 23.1 Å². The number of fused-ring (bicyclic) bond motifs is 1. The van der Waals surface area contributed by atoms with Gasteiger partial charge >= 0.3 is 0 Å². The van der Waals surface area contributed by atoms with E-state index in [9.17, 15) is 4.79 Å². The van der Waals surface area contributed by atoms with Gasteiger partial charge in [0, 0.05) is 16.8 Å². The van der Waals surface area contributed by atoms with Crippen LogP contribution in [0.25, 0.3) is 20.7 Å². The minimum Gasteiger partial charge on any atom is -0.493 e. The molecule has 1 unspecified atom stereocenters. The highest BCUT2D eigenvalue weighted by Gasteiger charge is 2.18. The number of thiophene rings is 1. The molecule has 170 valence electrons. The van der Waals surface area contributed by atoms with Gasteiger partial charge in [0.1, 0.15) is 16.2 Å². The number of methoxy groups -OCH3 is 2. The van der Waals surface area contributed by atoms with E-state index < -0.39 is 0 Å². The first kappa shape index (κ1) is 23.1. The Morgan fingerprint density at radius 3 is 2.61 bits per heavy atom. The van der Waals surface area contributed by atoms with Crippen LogP contribution in [0.15, 0.2) is 66.0 Å². The van der Waals surface area contributed by atoms with E-state index in [4.69, 9.17) is 9.47 Å². The molecule has 4 aromatic rings. The van der Waals surface area contributed by atoms with Crippen LogP contribution in [0.2, 0.25) is 0 Å². The standard InChI is InChI=1S/C25H25N3O3S2/c1-16(23(29)26-12-11-17-9-10-20(30-2)21(13-17)31-3)32-24-19-14-22(18-7-5-4-6-8-18)33-25(19)28-15-27-24/h4-10,13-16H,11-12H2,1-3H3,(H,26,29). The number of hydrogen-bond acceptors (Lipinski definition) is 7. The van der Waals surface area contributed by atoms with Crippen LogP contribution in [0, 0.1) is 0 Å². The van der Waals surface area contributed by atoms with Crippen LogP contribution in [0.5, 0.6) is 11.5 Å². The van der Waals surface area contributed by atoms with Crippen molar-refractivity contribution >= 4 is 39.2 Å². The number of nitrogens with one attached hydrogen (secondary N) is 1. The molecule has 1 amide bonds. The third kappa shape index (κ3) is 5.46. The fourth-order valence-electron chi connectivity index (χ4n) is 3.40. The molecule has 1 atom stereocenters. The lowest BCUT2D eigenvalue weighted by molar-refractivity contribution is -0.120. The molecule has 0 aliphatic rings. The van der Waals surface area contributed by atoms with Crippen LogP contribution in [0.1, 0.15) is 12.5 Å². The Bertz CT molecular complexity index is 1240. The first-order valence-electron chi connectivity index (χ1n) is 10.5. The molecule has 0 saturated heterocycles. The van der Waals surface area contributed by atoms with Gasteiger partial charge in [0.05, 0.1) is 19.5 Å². The number of ether oxygens (including phenoxy) is 2. The number of thioether (sulfide) groups is 1. The maximum Gasteiger partial charge on any atom is 0.233 e. The minimum absolute atomic E-state index is 0.0225. The molecule has 0 aliphatic carbocycles. The molecule has 0 radical (unpaired) electrons. The average molecular weight is 480 g/mol. The van der Waals surface area contributed by atoms with Crippen molar-refractivity contribution in [1.29, 1.82) is 0 Å². The van der Waals surface area contributed by atoms with Crippen LogP contribution in [-0.2, 0) is 11.2 Å². The highest BCUT2D eigenvalue weighted by atomic mass is 32.2. The predicted molar refractivity (Wildman–Crippen MR) is 134 cm³/mol. The van der Waals surface area contributed by atoms with Gasteiger partial charge in [-0.3, -0.25) is 4.79 Å². The molecular weight excluding hydrogens is 454 g/mol. The van der Waals surface area contributed by atoms with Crippen molar-refractivity contribution < 1.29 is 14.3 Å². The first-order valence-corrected chi connectivity index (χ1v) is 12.2. The molecule has 0 aliphatic heterocycles. The number of rotatable bonds is 9. The van der Waals surface area contributed by atoms with Gasteiger partial charge in [-0.25, -0.2) is 9.97 Å². The summed E-state index contributed by atoms with van der Waals surface area (Å²) in [5.74, 6) is 1.35. The molecule has 0 fully saturated rings. The van der Waals surface area contributed by atoms with Crippen molar-refractivity contribution in [3.8, 4) is 21.9 Å². The maximum atomic E-state index is 12.7. The Hall–Kier alpha value is -3.10. The summed E-state index contributed by atoms with van der Waals surface area (Å²) < 4.78 is 10.6. The van der Waals surface area contributed by atoms with Gasteiger partial charge in [0.2, 0.25) is 5.91 Å². The molecular formula is C25H25N3O3S2. The summed E-state index contributed by atoms with van der Waals surface area (Å²) in [6.45, 7) is 2.43.